The summed E-state index contributed by atoms with van der Waals surface area (Å²) in [6.45, 7) is 5.48. The predicted molar refractivity (Wildman–Crippen MR) is 81.1 cm³/mol. The Bertz CT molecular complexity index is 481. The lowest BCUT2D eigenvalue weighted by Gasteiger charge is -2.59. The van der Waals surface area contributed by atoms with Crippen molar-refractivity contribution in [2.75, 3.05) is 5.73 Å². The molecule has 1 heterocycles. The molecule has 4 saturated carbocycles. The van der Waals surface area contributed by atoms with Crippen LogP contribution in [-0.2, 0) is 6.54 Å². The van der Waals surface area contributed by atoms with Crippen molar-refractivity contribution < 1.29 is 0 Å². The molecule has 3 heteroatoms. The largest absolute Gasteiger partial charge is 0.384 e. The summed E-state index contributed by atoms with van der Waals surface area (Å²) in [4.78, 5) is 0. The molecule has 110 valence electrons. The molecule has 0 aromatic carbocycles. The molecule has 20 heavy (non-hydrogen) atoms. The number of nitrogen functional groups attached to an aromatic ring is 1. The van der Waals surface area contributed by atoms with E-state index in [1.165, 1.54) is 38.5 Å². The second-order valence-corrected chi connectivity index (χ2v) is 8.07. The number of aryl methyl sites for hydroxylation is 1. The first-order valence-corrected chi connectivity index (χ1v) is 8.34. The smallest absolute Gasteiger partial charge is 0.121 e. The molecule has 3 nitrogen and oxygen atoms in total. The van der Waals surface area contributed by atoms with Crippen LogP contribution in [0.15, 0.2) is 6.07 Å². The van der Waals surface area contributed by atoms with Crippen molar-refractivity contribution in [1.29, 1.82) is 0 Å². The van der Waals surface area contributed by atoms with Crippen LogP contribution in [0, 0.1) is 36.0 Å². The Morgan fingerprint density at radius 3 is 2.25 bits per heavy atom. The monoisotopic (exact) mass is 273 g/mol. The fourth-order valence-corrected chi connectivity index (χ4v) is 5.95. The normalized spacial score (nSPS) is 40.2. The molecule has 1 aromatic heterocycles. The number of anilines is 1. The van der Waals surface area contributed by atoms with Crippen LogP contribution < -0.4 is 5.73 Å². The van der Waals surface area contributed by atoms with E-state index in [0.29, 0.717) is 11.3 Å². The van der Waals surface area contributed by atoms with E-state index >= 15 is 0 Å². The van der Waals surface area contributed by atoms with E-state index in [2.05, 4.69) is 12.0 Å². The van der Waals surface area contributed by atoms with Gasteiger partial charge in [-0.05, 0) is 74.5 Å². The lowest BCUT2D eigenvalue weighted by atomic mass is 9.46. The Morgan fingerprint density at radius 1 is 1.25 bits per heavy atom. The van der Waals surface area contributed by atoms with Gasteiger partial charge in [-0.2, -0.15) is 5.10 Å². The van der Waals surface area contributed by atoms with Crippen molar-refractivity contribution in [3.63, 3.8) is 0 Å². The highest BCUT2D eigenvalue weighted by Crippen LogP contribution is 2.62. The maximum Gasteiger partial charge on any atom is 0.121 e. The molecule has 0 radical (unpaired) electrons. The molecule has 1 atom stereocenters. The molecule has 4 bridgehead atoms. The summed E-state index contributed by atoms with van der Waals surface area (Å²) < 4.78 is 2.04. The molecule has 0 saturated heterocycles. The topological polar surface area (TPSA) is 43.8 Å². The summed E-state index contributed by atoms with van der Waals surface area (Å²) in [5.41, 5.74) is 7.72. The van der Waals surface area contributed by atoms with E-state index in [1.54, 1.807) is 0 Å². The summed E-state index contributed by atoms with van der Waals surface area (Å²) >= 11 is 0. The molecule has 0 amide bonds. The number of rotatable bonds is 3. The number of hydrogen-bond acceptors (Lipinski definition) is 2. The molecular weight excluding hydrogens is 246 g/mol. The van der Waals surface area contributed by atoms with Crippen LogP contribution in [0.1, 0.15) is 51.1 Å². The minimum atomic E-state index is 0.598. The first kappa shape index (κ1) is 12.7. The molecule has 2 N–H and O–H groups in total. The van der Waals surface area contributed by atoms with Gasteiger partial charge in [-0.25, -0.2) is 4.68 Å². The lowest BCUT2D eigenvalue weighted by Crippen LogP contribution is -2.49. The zero-order valence-corrected chi connectivity index (χ0v) is 12.8. The Kier molecular flexibility index (Phi) is 2.71. The highest BCUT2D eigenvalue weighted by Gasteiger charge is 2.52. The molecule has 5 rings (SSSR count). The highest BCUT2D eigenvalue weighted by molar-refractivity contribution is 5.30. The molecule has 4 aliphatic carbocycles. The molecule has 0 spiro atoms. The number of nitrogens with zero attached hydrogens (tertiary/aromatic N) is 2. The van der Waals surface area contributed by atoms with Gasteiger partial charge in [0.25, 0.3) is 0 Å². The average molecular weight is 273 g/mol. The van der Waals surface area contributed by atoms with E-state index in [4.69, 9.17) is 5.73 Å². The van der Waals surface area contributed by atoms with Gasteiger partial charge in [0.15, 0.2) is 0 Å². The van der Waals surface area contributed by atoms with Crippen LogP contribution in [0.3, 0.4) is 0 Å². The van der Waals surface area contributed by atoms with Crippen molar-refractivity contribution >= 4 is 5.82 Å². The summed E-state index contributed by atoms with van der Waals surface area (Å²) in [6, 6.07) is 1.99. The van der Waals surface area contributed by atoms with Crippen molar-refractivity contribution in [3.05, 3.63) is 11.8 Å². The minimum absolute atomic E-state index is 0.598. The Balaban J connectivity index is 1.56. The summed E-state index contributed by atoms with van der Waals surface area (Å²) in [5, 5.41) is 4.57. The zero-order valence-electron chi connectivity index (χ0n) is 12.8. The van der Waals surface area contributed by atoms with Gasteiger partial charge in [-0.15, -0.1) is 0 Å². The average Bonchev–Trinajstić information content (AvgIpc) is 2.66. The Labute approximate surface area is 121 Å². The molecule has 1 unspecified atom stereocenters. The third-order valence-corrected chi connectivity index (χ3v) is 6.51. The van der Waals surface area contributed by atoms with Gasteiger partial charge >= 0.3 is 0 Å². The Morgan fingerprint density at radius 2 is 1.80 bits per heavy atom. The van der Waals surface area contributed by atoms with Gasteiger partial charge in [0.2, 0.25) is 0 Å². The SMILES string of the molecule is Cc1cc(N)n(CC(C)C23CC4CC(CC(C4)C2)C3)n1. The quantitative estimate of drug-likeness (QED) is 0.914. The first-order valence-electron chi connectivity index (χ1n) is 8.34. The van der Waals surface area contributed by atoms with Gasteiger partial charge in [-0.3, -0.25) is 0 Å². The van der Waals surface area contributed by atoms with Gasteiger partial charge < -0.3 is 5.73 Å². The number of hydrogen-bond donors (Lipinski definition) is 1. The van der Waals surface area contributed by atoms with E-state index in [9.17, 15) is 0 Å². The fraction of sp³-hybridized carbons (Fsp3) is 0.824. The summed E-state index contributed by atoms with van der Waals surface area (Å²) in [6.07, 6.45) is 8.99. The van der Waals surface area contributed by atoms with Crippen molar-refractivity contribution in [1.82, 2.24) is 9.78 Å². The maximum absolute atomic E-state index is 6.08. The van der Waals surface area contributed by atoms with E-state index in [1.807, 2.05) is 17.7 Å². The minimum Gasteiger partial charge on any atom is -0.384 e. The summed E-state index contributed by atoms with van der Waals surface area (Å²) in [5.74, 6) is 4.62. The van der Waals surface area contributed by atoms with Crippen LogP contribution in [0.25, 0.3) is 0 Å². The first-order chi connectivity index (χ1) is 9.54. The van der Waals surface area contributed by atoms with E-state index in [-0.39, 0.29) is 0 Å². The van der Waals surface area contributed by atoms with Crippen LogP contribution in [0.4, 0.5) is 5.82 Å². The third-order valence-electron chi connectivity index (χ3n) is 6.51. The highest BCUT2D eigenvalue weighted by atomic mass is 15.3. The lowest BCUT2D eigenvalue weighted by molar-refractivity contribution is -0.0869. The fourth-order valence-electron chi connectivity index (χ4n) is 5.95. The third kappa shape index (κ3) is 1.89. The zero-order chi connectivity index (χ0) is 13.9. The van der Waals surface area contributed by atoms with Gasteiger partial charge in [0.1, 0.15) is 5.82 Å². The maximum atomic E-state index is 6.08. The number of aromatic nitrogens is 2. The molecule has 0 aliphatic heterocycles. The standard InChI is InChI=1S/C17H27N3/c1-11(10-20-16(18)3-12(2)19-20)17-7-13-4-14(8-17)6-15(5-13)9-17/h3,11,13-15H,4-10,18H2,1-2H3. The van der Waals surface area contributed by atoms with Crippen molar-refractivity contribution in [2.45, 2.75) is 58.9 Å². The van der Waals surface area contributed by atoms with Crippen molar-refractivity contribution in [3.8, 4) is 0 Å². The van der Waals surface area contributed by atoms with E-state index in [0.717, 1.165) is 35.8 Å². The molecule has 1 aromatic rings. The van der Waals surface area contributed by atoms with Crippen LogP contribution >= 0.6 is 0 Å². The van der Waals surface area contributed by atoms with Crippen LogP contribution in [0.5, 0.6) is 0 Å². The second-order valence-electron chi connectivity index (χ2n) is 8.07. The number of nitrogens with two attached hydrogens (primary N) is 1. The van der Waals surface area contributed by atoms with Gasteiger partial charge in [-0.1, -0.05) is 6.92 Å². The van der Waals surface area contributed by atoms with Crippen molar-refractivity contribution in [2.24, 2.45) is 29.1 Å². The van der Waals surface area contributed by atoms with Crippen LogP contribution in [-0.4, -0.2) is 9.78 Å². The van der Waals surface area contributed by atoms with Crippen LogP contribution in [0.2, 0.25) is 0 Å². The molecule has 4 aliphatic rings. The van der Waals surface area contributed by atoms with E-state index < -0.39 is 0 Å². The summed E-state index contributed by atoms with van der Waals surface area (Å²) in [7, 11) is 0. The molecule has 4 fully saturated rings. The van der Waals surface area contributed by atoms with Gasteiger partial charge in [0, 0.05) is 12.6 Å². The van der Waals surface area contributed by atoms with Gasteiger partial charge in [0.05, 0.1) is 5.69 Å². The molecular formula is C17H27N3. The second kappa shape index (κ2) is 4.25. The predicted octanol–water partition coefficient (Wildman–Crippen LogP) is 3.63. The Hall–Kier alpha value is -0.990.